The highest BCUT2D eigenvalue weighted by Gasteiger charge is 2.30. The van der Waals surface area contributed by atoms with E-state index in [0.717, 1.165) is 28.6 Å². The molecule has 9 nitrogen and oxygen atoms in total. The Morgan fingerprint density at radius 3 is 2.23 bits per heavy atom. The van der Waals surface area contributed by atoms with E-state index in [-0.39, 0.29) is 0 Å². The van der Waals surface area contributed by atoms with Crippen molar-refractivity contribution in [1.29, 1.82) is 0 Å². The van der Waals surface area contributed by atoms with Crippen LogP contribution in [-0.4, -0.2) is 40.2 Å². The number of anilines is 1. The summed E-state index contributed by atoms with van der Waals surface area (Å²) in [6.07, 6.45) is 0. The van der Waals surface area contributed by atoms with E-state index in [2.05, 4.69) is 0 Å². The summed E-state index contributed by atoms with van der Waals surface area (Å²) in [5.41, 5.74) is -1.34. The highest BCUT2D eigenvalue weighted by atomic mass is 32.2. The van der Waals surface area contributed by atoms with Crippen LogP contribution in [0.4, 0.5) is 15.8 Å². The fourth-order valence-electron chi connectivity index (χ4n) is 1.98. The lowest BCUT2D eigenvalue weighted by Crippen LogP contribution is -2.23. The van der Waals surface area contributed by atoms with Gasteiger partial charge in [-0.3, -0.25) is 14.8 Å². The second kappa shape index (κ2) is 6.97. The Kier molecular flexibility index (Phi) is 5.30. The molecular weight excluding hydrogens is 389 g/mol. The van der Waals surface area contributed by atoms with E-state index in [1.54, 1.807) is 0 Å². The van der Waals surface area contributed by atoms with E-state index in [1.807, 2.05) is 4.72 Å². The maximum Gasteiger partial charge on any atom is 0.291 e. The van der Waals surface area contributed by atoms with E-state index < -0.39 is 52.0 Å². The van der Waals surface area contributed by atoms with Crippen LogP contribution in [0, 0.1) is 15.9 Å². The van der Waals surface area contributed by atoms with Crippen LogP contribution in [0.2, 0.25) is 0 Å². The summed E-state index contributed by atoms with van der Waals surface area (Å²) in [5.74, 6) is -0.870. The molecule has 0 spiro atoms. The summed E-state index contributed by atoms with van der Waals surface area (Å²) in [7, 11) is -6.09. The third-order valence-electron chi connectivity index (χ3n) is 3.31. The van der Waals surface area contributed by atoms with Gasteiger partial charge in [0, 0.05) is 20.2 Å². The first kappa shape index (κ1) is 19.8. The molecule has 12 heteroatoms. The van der Waals surface area contributed by atoms with Gasteiger partial charge in [-0.2, -0.15) is 0 Å². The molecule has 0 atom stereocenters. The number of nitrogens with zero attached hydrogens (tertiary/aromatic N) is 2. The minimum absolute atomic E-state index is 0.396. The molecule has 1 N–H and O–H groups in total. The van der Waals surface area contributed by atoms with Crippen LogP contribution in [0.3, 0.4) is 0 Å². The maximum absolute atomic E-state index is 13.7. The molecule has 0 aliphatic heterocycles. The number of halogens is 1. The molecule has 140 valence electrons. The predicted molar refractivity (Wildman–Crippen MR) is 91.2 cm³/mol. The summed E-state index contributed by atoms with van der Waals surface area (Å²) in [6, 6.07) is 7.24. The Hall–Kier alpha value is -2.57. The molecule has 0 heterocycles. The topological polar surface area (TPSA) is 127 Å². The number of nitro benzene ring substituents is 1. The maximum atomic E-state index is 13.7. The van der Waals surface area contributed by atoms with Crippen LogP contribution >= 0.6 is 0 Å². The molecule has 0 saturated heterocycles. The van der Waals surface area contributed by atoms with Crippen molar-refractivity contribution >= 4 is 31.4 Å². The molecular formula is C14H14FN3O6S2. The van der Waals surface area contributed by atoms with Crippen molar-refractivity contribution in [3.8, 4) is 0 Å². The smallest absolute Gasteiger partial charge is 0.276 e. The Morgan fingerprint density at radius 1 is 1.08 bits per heavy atom. The average Bonchev–Trinajstić information content (AvgIpc) is 2.56. The molecule has 0 amide bonds. The molecule has 0 radical (unpaired) electrons. The van der Waals surface area contributed by atoms with Crippen molar-refractivity contribution in [3.05, 3.63) is 58.4 Å². The second-order valence-corrected chi connectivity index (χ2v) is 9.06. The normalized spacial score (nSPS) is 12.2. The lowest BCUT2D eigenvalue weighted by atomic mass is 10.3. The van der Waals surface area contributed by atoms with E-state index in [0.29, 0.717) is 6.07 Å². The van der Waals surface area contributed by atoms with Gasteiger partial charge in [-0.05, 0) is 24.3 Å². The fourth-order valence-corrected chi connectivity index (χ4v) is 4.13. The van der Waals surface area contributed by atoms with Gasteiger partial charge in [-0.25, -0.2) is 25.5 Å². The lowest BCUT2D eigenvalue weighted by Gasteiger charge is -2.13. The third kappa shape index (κ3) is 3.81. The number of nitrogens with one attached hydrogen (secondary N) is 1. The van der Waals surface area contributed by atoms with Gasteiger partial charge in [0.05, 0.1) is 15.5 Å². The first-order valence-electron chi connectivity index (χ1n) is 6.95. The molecule has 0 aromatic heterocycles. The SMILES string of the molecule is CN(C)S(=O)(=O)c1ccc(S(=O)(=O)Nc2ccccc2F)c([N+](=O)[O-])c1. The van der Waals surface area contributed by atoms with Gasteiger partial charge < -0.3 is 0 Å². The molecule has 0 saturated carbocycles. The van der Waals surface area contributed by atoms with Gasteiger partial charge in [0.25, 0.3) is 15.7 Å². The van der Waals surface area contributed by atoms with Crippen molar-refractivity contribution < 1.29 is 26.1 Å². The van der Waals surface area contributed by atoms with E-state index in [1.165, 1.54) is 26.2 Å². The van der Waals surface area contributed by atoms with Crippen LogP contribution in [0.25, 0.3) is 0 Å². The fraction of sp³-hybridized carbons (Fsp3) is 0.143. The number of sulfonamides is 2. The van der Waals surface area contributed by atoms with Crippen molar-refractivity contribution in [3.63, 3.8) is 0 Å². The highest BCUT2D eigenvalue weighted by molar-refractivity contribution is 7.93. The van der Waals surface area contributed by atoms with Crippen LogP contribution < -0.4 is 4.72 Å². The van der Waals surface area contributed by atoms with Gasteiger partial charge in [0.1, 0.15) is 5.82 Å². The molecule has 2 rings (SSSR count). The van der Waals surface area contributed by atoms with Gasteiger partial charge in [0.2, 0.25) is 10.0 Å². The zero-order chi connectivity index (χ0) is 19.7. The largest absolute Gasteiger partial charge is 0.291 e. The van der Waals surface area contributed by atoms with Crippen molar-refractivity contribution in [2.24, 2.45) is 0 Å². The van der Waals surface area contributed by atoms with Crippen molar-refractivity contribution in [1.82, 2.24) is 4.31 Å². The number of nitro groups is 1. The molecule has 2 aromatic rings. The first-order chi connectivity index (χ1) is 12.0. The Morgan fingerprint density at radius 2 is 1.69 bits per heavy atom. The molecule has 0 aliphatic rings. The second-order valence-electron chi connectivity index (χ2n) is 5.26. The van der Waals surface area contributed by atoms with E-state index in [9.17, 15) is 31.3 Å². The van der Waals surface area contributed by atoms with E-state index >= 15 is 0 Å². The van der Waals surface area contributed by atoms with Gasteiger partial charge >= 0.3 is 0 Å². The first-order valence-corrected chi connectivity index (χ1v) is 9.87. The summed E-state index contributed by atoms with van der Waals surface area (Å²) in [4.78, 5) is 9.01. The summed E-state index contributed by atoms with van der Waals surface area (Å²) < 4.78 is 65.4. The van der Waals surface area contributed by atoms with Gasteiger partial charge in [-0.1, -0.05) is 12.1 Å². The van der Waals surface area contributed by atoms with Crippen LogP contribution in [0.1, 0.15) is 0 Å². The molecule has 26 heavy (non-hydrogen) atoms. The Labute approximate surface area is 149 Å². The molecule has 0 bridgehead atoms. The number of hydrogen-bond donors (Lipinski definition) is 1. The zero-order valence-corrected chi connectivity index (χ0v) is 15.2. The minimum Gasteiger partial charge on any atom is -0.276 e. The summed E-state index contributed by atoms with van der Waals surface area (Å²) in [5, 5.41) is 11.3. The Bertz CT molecular complexity index is 1070. The molecule has 0 aliphatic carbocycles. The number of rotatable bonds is 6. The van der Waals surface area contributed by atoms with Crippen LogP contribution in [0.5, 0.6) is 0 Å². The van der Waals surface area contributed by atoms with Gasteiger partial charge in [0.15, 0.2) is 4.90 Å². The van der Waals surface area contributed by atoms with Crippen molar-refractivity contribution in [2.75, 3.05) is 18.8 Å². The minimum atomic E-state index is -4.53. The standard InChI is InChI=1S/C14H14FN3O6S2/c1-17(2)26(23,24)10-7-8-14(13(9-10)18(19)20)25(21,22)16-12-6-4-3-5-11(12)15/h3-9,16H,1-2H3. The number of para-hydroxylation sites is 1. The quantitative estimate of drug-likeness (QED) is 0.579. The van der Waals surface area contributed by atoms with Crippen LogP contribution in [-0.2, 0) is 20.0 Å². The summed E-state index contributed by atoms with van der Waals surface area (Å²) >= 11 is 0. The summed E-state index contributed by atoms with van der Waals surface area (Å²) in [6.45, 7) is 0. The monoisotopic (exact) mass is 403 g/mol. The lowest BCUT2D eigenvalue weighted by molar-refractivity contribution is -0.388. The zero-order valence-electron chi connectivity index (χ0n) is 13.6. The number of benzene rings is 2. The highest BCUT2D eigenvalue weighted by Crippen LogP contribution is 2.29. The third-order valence-corrected chi connectivity index (χ3v) is 6.54. The van der Waals surface area contributed by atoms with Crippen LogP contribution in [0.15, 0.2) is 52.3 Å². The molecule has 0 fully saturated rings. The Balaban J connectivity index is 2.59. The van der Waals surface area contributed by atoms with E-state index in [4.69, 9.17) is 0 Å². The average molecular weight is 403 g/mol. The van der Waals surface area contributed by atoms with Crippen molar-refractivity contribution in [2.45, 2.75) is 9.79 Å². The predicted octanol–water partition coefficient (Wildman–Crippen LogP) is 1.78. The molecule has 0 unspecified atom stereocenters. The van der Waals surface area contributed by atoms with Gasteiger partial charge in [-0.15, -0.1) is 0 Å². The number of hydrogen-bond acceptors (Lipinski definition) is 6. The molecule has 2 aromatic carbocycles.